The molecule has 1 aromatic rings. The van der Waals surface area contributed by atoms with Crippen molar-refractivity contribution in [2.75, 3.05) is 0 Å². The van der Waals surface area contributed by atoms with Crippen LogP contribution in [0.1, 0.15) is 11.1 Å². The highest BCUT2D eigenvalue weighted by Crippen LogP contribution is 2.03. The van der Waals surface area contributed by atoms with Crippen molar-refractivity contribution in [1.82, 2.24) is 0 Å². The van der Waals surface area contributed by atoms with Crippen molar-refractivity contribution >= 4 is 13.3 Å². The van der Waals surface area contributed by atoms with Gasteiger partial charge in [-0.3, -0.25) is 0 Å². The van der Waals surface area contributed by atoms with Gasteiger partial charge in [-0.2, -0.15) is 0 Å². The van der Waals surface area contributed by atoms with E-state index in [0.717, 1.165) is 16.6 Å². The third-order valence-corrected chi connectivity index (χ3v) is 1.54. The second kappa shape index (κ2) is 2.89. The first kappa shape index (κ1) is 7.35. The van der Waals surface area contributed by atoms with Crippen molar-refractivity contribution in [3.05, 3.63) is 29.3 Å². The molecule has 0 aliphatic rings. The highest BCUT2D eigenvalue weighted by molar-refractivity contribution is 6.32. The van der Waals surface area contributed by atoms with Gasteiger partial charge >= 0.3 is 0 Å². The van der Waals surface area contributed by atoms with Gasteiger partial charge in [0.15, 0.2) is 0 Å². The standard InChI is InChI=1S/C8H9BO/c1-6-4-8(9)3-2-7(6)5-10/h2-4,10H,5H2,1H3. The first-order valence-corrected chi connectivity index (χ1v) is 3.20. The third kappa shape index (κ3) is 1.39. The van der Waals surface area contributed by atoms with Crippen LogP contribution in [0, 0.1) is 6.92 Å². The minimum atomic E-state index is 0.0894. The molecule has 1 aromatic carbocycles. The summed E-state index contributed by atoms with van der Waals surface area (Å²) in [4.78, 5) is 0. The molecule has 50 valence electrons. The molecule has 0 fully saturated rings. The van der Waals surface area contributed by atoms with Crippen LogP contribution in [0.5, 0.6) is 0 Å². The smallest absolute Gasteiger partial charge is 0.113 e. The number of aliphatic hydroxyl groups is 1. The van der Waals surface area contributed by atoms with E-state index < -0.39 is 0 Å². The highest BCUT2D eigenvalue weighted by Gasteiger charge is 1.93. The molecule has 0 heterocycles. The Morgan fingerprint density at radius 2 is 2.20 bits per heavy atom. The number of aliphatic hydroxyl groups excluding tert-OH is 1. The summed E-state index contributed by atoms with van der Waals surface area (Å²) < 4.78 is 0. The summed E-state index contributed by atoms with van der Waals surface area (Å²) in [6.45, 7) is 2.02. The first-order chi connectivity index (χ1) is 4.74. The van der Waals surface area contributed by atoms with Crippen molar-refractivity contribution < 1.29 is 5.11 Å². The lowest BCUT2D eigenvalue weighted by Gasteiger charge is -2.01. The molecule has 1 N–H and O–H groups in total. The fourth-order valence-corrected chi connectivity index (χ4v) is 0.896. The maximum Gasteiger partial charge on any atom is 0.113 e. The molecular formula is C8H9BO. The molecule has 0 aliphatic heterocycles. The minimum absolute atomic E-state index is 0.0894. The van der Waals surface area contributed by atoms with Gasteiger partial charge in [-0.15, -0.1) is 0 Å². The van der Waals surface area contributed by atoms with Crippen LogP contribution >= 0.6 is 0 Å². The van der Waals surface area contributed by atoms with E-state index in [4.69, 9.17) is 13.0 Å². The van der Waals surface area contributed by atoms with Crippen LogP contribution in [0.25, 0.3) is 0 Å². The minimum Gasteiger partial charge on any atom is -0.392 e. The third-order valence-electron chi connectivity index (χ3n) is 1.54. The Kier molecular flexibility index (Phi) is 2.12. The van der Waals surface area contributed by atoms with E-state index in [-0.39, 0.29) is 6.61 Å². The Hall–Kier alpha value is -0.755. The largest absolute Gasteiger partial charge is 0.392 e. The molecule has 0 atom stereocenters. The number of aryl methyl sites for hydroxylation is 1. The van der Waals surface area contributed by atoms with Gasteiger partial charge in [0.1, 0.15) is 7.85 Å². The van der Waals surface area contributed by atoms with Crippen LogP contribution in [-0.4, -0.2) is 13.0 Å². The van der Waals surface area contributed by atoms with E-state index in [1.54, 1.807) is 6.07 Å². The van der Waals surface area contributed by atoms with Crippen molar-refractivity contribution in [3.8, 4) is 0 Å². The molecule has 0 amide bonds. The molecule has 0 aliphatic carbocycles. The second-order valence-corrected chi connectivity index (χ2v) is 2.34. The Morgan fingerprint density at radius 1 is 1.50 bits per heavy atom. The lowest BCUT2D eigenvalue weighted by Crippen LogP contribution is -2.03. The van der Waals surface area contributed by atoms with E-state index in [1.165, 1.54) is 0 Å². The summed E-state index contributed by atoms with van der Waals surface area (Å²) in [6.07, 6.45) is 0. The van der Waals surface area contributed by atoms with Gasteiger partial charge in [0, 0.05) is 0 Å². The molecule has 0 saturated carbocycles. The number of benzene rings is 1. The van der Waals surface area contributed by atoms with E-state index in [9.17, 15) is 0 Å². The first-order valence-electron chi connectivity index (χ1n) is 3.20. The second-order valence-electron chi connectivity index (χ2n) is 2.34. The molecule has 2 radical (unpaired) electrons. The van der Waals surface area contributed by atoms with E-state index in [1.807, 2.05) is 19.1 Å². The quantitative estimate of drug-likeness (QED) is 0.544. The van der Waals surface area contributed by atoms with Crippen LogP contribution in [0.3, 0.4) is 0 Å². The van der Waals surface area contributed by atoms with Crippen molar-refractivity contribution in [3.63, 3.8) is 0 Å². The van der Waals surface area contributed by atoms with E-state index in [2.05, 4.69) is 0 Å². The zero-order chi connectivity index (χ0) is 7.56. The zero-order valence-corrected chi connectivity index (χ0v) is 5.96. The molecule has 1 nitrogen and oxygen atoms in total. The van der Waals surface area contributed by atoms with Gasteiger partial charge < -0.3 is 5.11 Å². The van der Waals surface area contributed by atoms with E-state index >= 15 is 0 Å². The lowest BCUT2D eigenvalue weighted by atomic mass is 9.93. The molecule has 10 heavy (non-hydrogen) atoms. The Bertz CT molecular complexity index is 233. The van der Waals surface area contributed by atoms with Gasteiger partial charge in [0.2, 0.25) is 0 Å². The van der Waals surface area contributed by atoms with Crippen LogP contribution in [0.4, 0.5) is 0 Å². The van der Waals surface area contributed by atoms with Gasteiger partial charge in [0.05, 0.1) is 6.61 Å². The maximum absolute atomic E-state index is 8.77. The van der Waals surface area contributed by atoms with Gasteiger partial charge in [-0.05, 0) is 18.1 Å². The average Bonchev–Trinajstić information content (AvgIpc) is 1.88. The van der Waals surface area contributed by atoms with Crippen LogP contribution in [0.15, 0.2) is 18.2 Å². The molecule has 0 bridgehead atoms. The summed E-state index contributed by atoms with van der Waals surface area (Å²) in [5.74, 6) is 0. The zero-order valence-electron chi connectivity index (χ0n) is 5.96. The number of hydrogen-bond acceptors (Lipinski definition) is 1. The van der Waals surface area contributed by atoms with Crippen molar-refractivity contribution in [1.29, 1.82) is 0 Å². The Labute approximate surface area is 62.1 Å². The number of rotatable bonds is 1. The molecule has 0 unspecified atom stereocenters. The van der Waals surface area contributed by atoms with Crippen LogP contribution in [0.2, 0.25) is 0 Å². The lowest BCUT2D eigenvalue weighted by molar-refractivity contribution is 0.281. The van der Waals surface area contributed by atoms with Gasteiger partial charge in [0.25, 0.3) is 0 Å². The van der Waals surface area contributed by atoms with Crippen molar-refractivity contribution in [2.24, 2.45) is 0 Å². The summed E-state index contributed by atoms with van der Waals surface area (Å²) in [6, 6.07) is 5.48. The summed E-state index contributed by atoms with van der Waals surface area (Å²) >= 11 is 0. The molecule has 1 rings (SSSR count). The topological polar surface area (TPSA) is 20.2 Å². The van der Waals surface area contributed by atoms with E-state index in [0.29, 0.717) is 0 Å². The number of hydrogen-bond donors (Lipinski definition) is 1. The molecule has 0 saturated heterocycles. The molecule has 0 aromatic heterocycles. The summed E-state index contributed by atoms with van der Waals surface area (Å²) in [5.41, 5.74) is 2.73. The van der Waals surface area contributed by atoms with Crippen LogP contribution in [-0.2, 0) is 6.61 Å². The molecule has 0 spiro atoms. The van der Waals surface area contributed by atoms with Crippen molar-refractivity contribution in [2.45, 2.75) is 13.5 Å². The summed E-state index contributed by atoms with van der Waals surface area (Å²) in [7, 11) is 5.50. The normalized spacial score (nSPS) is 9.80. The fourth-order valence-electron chi connectivity index (χ4n) is 0.896. The molecule has 2 heteroatoms. The monoisotopic (exact) mass is 132 g/mol. The highest BCUT2D eigenvalue weighted by atomic mass is 16.3. The SMILES string of the molecule is [B]c1ccc(CO)c(C)c1. The summed E-state index contributed by atoms with van der Waals surface area (Å²) in [5, 5.41) is 8.77. The predicted octanol–water partition coefficient (Wildman–Crippen LogP) is 0.281. The fraction of sp³-hybridized carbons (Fsp3) is 0.250. The van der Waals surface area contributed by atoms with Gasteiger partial charge in [-0.1, -0.05) is 23.7 Å². The maximum atomic E-state index is 8.77. The van der Waals surface area contributed by atoms with Crippen LogP contribution < -0.4 is 5.46 Å². The predicted molar refractivity (Wildman–Crippen MR) is 42.5 cm³/mol. The molecular weight excluding hydrogens is 123 g/mol. The Balaban J connectivity index is 3.07. The average molecular weight is 132 g/mol. The van der Waals surface area contributed by atoms with Gasteiger partial charge in [-0.25, -0.2) is 0 Å². The Morgan fingerprint density at radius 3 is 2.70 bits per heavy atom.